The third-order valence-electron chi connectivity index (χ3n) is 0.565. The molecule has 0 saturated carbocycles. The van der Waals surface area contributed by atoms with Gasteiger partial charge in [-0.2, -0.15) is 0 Å². The molecule has 1 aliphatic heterocycles. The van der Waals surface area contributed by atoms with Gasteiger partial charge >= 0.3 is 13.1 Å². The molecule has 9 heteroatoms. The summed E-state index contributed by atoms with van der Waals surface area (Å²) in [6.45, 7) is 0. The molecule has 0 radical (unpaired) electrons. The zero-order valence-corrected chi connectivity index (χ0v) is 5.59. The van der Waals surface area contributed by atoms with Crippen LogP contribution in [0.5, 0.6) is 0 Å². The van der Waals surface area contributed by atoms with E-state index in [1.807, 2.05) is 0 Å². The van der Waals surface area contributed by atoms with E-state index in [1.54, 1.807) is 6.08 Å². The van der Waals surface area contributed by atoms with Gasteiger partial charge in [0.1, 0.15) is 5.11 Å². The lowest BCUT2D eigenvalue weighted by molar-refractivity contribution is -0.119. The molecule has 0 bridgehead atoms. The first-order valence-electron chi connectivity index (χ1n) is 2.62. The standard InChI is InChI=1S/C3H3N4.BF4/c4-6-3-1-2-5-7-3;2-1(3,4)5/h1-2,4H;/q+1;-1. The number of hydrogen-bond donors (Lipinski definition) is 1. The maximum atomic E-state index is 9.75. The molecule has 1 aliphatic rings. The summed E-state index contributed by atoms with van der Waals surface area (Å²) in [6.07, 6.45) is 3.06. The van der Waals surface area contributed by atoms with Gasteiger partial charge in [0, 0.05) is 0 Å². The third kappa shape index (κ3) is 8.50. The minimum Gasteiger partial charge on any atom is -0.418 e. The quantitative estimate of drug-likeness (QED) is 0.257. The third-order valence-corrected chi connectivity index (χ3v) is 0.565. The fourth-order valence-electron chi connectivity index (χ4n) is 0.285. The highest BCUT2D eigenvalue weighted by atomic mass is 19.5. The SMILES string of the molecule is F[B-](F)(F)F.N=[N+]=C1C=CN=N1. The van der Waals surface area contributed by atoms with Crippen LogP contribution >= 0.6 is 0 Å². The van der Waals surface area contributed by atoms with Crippen molar-refractivity contribution in [1.29, 1.82) is 5.53 Å². The summed E-state index contributed by atoms with van der Waals surface area (Å²) in [5.74, 6) is 0.361. The van der Waals surface area contributed by atoms with Crippen LogP contribution in [-0.4, -0.2) is 17.9 Å². The maximum absolute atomic E-state index is 9.75. The van der Waals surface area contributed by atoms with Crippen LogP contribution in [0.15, 0.2) is 22.5 Å². The van der Waals surface area contributed by atoms with Gasteiger partial charge in [-0.25, -0.2) is 0 Å². The largest absolute Gasteiger partial charge is 0.673 e. The molecule has 0 aromatic rings. The Hall–Kier alpha value is -1.50. The lowest BCUT2D eigenvalue weighted by atomic mass is 10.3. The number of azo groups is 1. The van der Waals surface area contributed by atoms with E-state index in [2.05, 4.69) is 15.0 Å². The molecule has 0 aliphatic carbocycles. The van der Waals surface area contributed by atoms with Crippen LogP contribution < -0.4 is 0 Å². The predicted octanol–water partition coefficient (Wildman–Crippen LogP) is 1.90. The molecule has 0 saturated heterocycles. The molecule has 4 nitrogen and oxygen atoms in total. The smallest absolute Gasteiger partial charge is 0.418 e. The molecule has 0 aromatic heterocycles. The van der Waals surface area contributed by atoms with Crippen LogP contribution in [-0.2, 0) is 0 Å². The molecule has 66 valence electrons. The monoisotopic (exact) mass is 182 g/mol. The number of hydrogen-bond acceptors (Lipinski definition) is 2. The number of nitrogens with zero attached hydrogens (tertiary/aromatic N) is 3. The number of nitrogens with one attached hydrogen (secondary N) is 1. The molecule has 0 fully saturated rings. The van der Waals surface area contributed by atoms with Crippen molar-refractivity contribution in [3.05, 3.63) is 12.3 Å². The number of amidine groups is 1. The van der Waals surface area contributed by atoms with Gasteiger partial charge in [0.2, 0.25) is 0 Å². The molecular weight excluding hydrogens is 179 g/mol. The Bertz CT molecular complexity index is 230. The Kier molecular flexibility index (Phi) is 3.85. The summed E-state index contributed by atoms with van der Waals surface area (Å²) in [7, 11) is -6.00. The van der Waals surface area contributed by atoms with Gasteiger partial charge < -0.3 is 17.3 Å². The topological polar surface area (TPSA) is 62.7 Å². The minimum absolute atomic E-state index is 0.361. The van der Waals surface area contributed by atoms with Crippen molar-refractivity contribution in [3.63, 3.8) is 0 Å². The summed E-state index contributed by atoms with van der Waals surface area (Å²) in [5, 5.41) is 6.86. The highest BCUT2D eigenvalue weighted by Crippen LogP contribution is 2.06. The average molecular weight is 182 g/mol. The van der Waals surface area contributed by atoms with Crippen molar-refractivity contribution in [3.8, 4) is 0 Å². The van der Waals surface area contributed by atoms with E-state index in [9.17, 15) is 17.3 Å². The lowest BCUT2D eigenvalue weighted by Gasteiger charge is -1.94. The van der Waals surface area contributed by atoms with Gasteiger partial charge in [-0.1, -0.05) is 4.79 Å². The van der Waals surface area contributed by atoms with Gasteiger partial charge in [-0.3, -0.25) is 0 Å². The van der Waals surface area contributed by atoms with Crippen LogP contribution in [0, 0.1) is 5.53 Å². The van der Waals surface area contributed by atoms with Gasteiger partial charge in [-0.15, -0.1) is 0 Å². The van der Waals surface area contributed by atoms with E-state index in [-0.39, 0.29) is 0 Å². The fraction of sp³-hybridized carbons (Fsp3) is 0. The number of halogens is 4. The second kappa shape index (κ2) is 4.40. The predicted molar refractivity (Wildman–Crippen MR) is 32.2 cm³/mol. The van der Waals surface area contributed by atoms with E-state index in [4.69, 9.17) is 5.53 Å². The van der Waals surface area contributed by atoms with Gasteiger partial charge in [-0.05, 0) is 10.6 Å². The van der Waals surface area contributed by atoms with Crippen LogP contribution in [0.4, 0.5) is 17.3 Å². The Morgan fingerprint density at radius 1 is 1.33 bits per heavy atom. The second-order valence-corrected chi connectivity index (χ2v) is 1.50. The van der Waals surface area contributed by atoms with Crippen molar-refractivity contribution in [2.75, 3.05) is 0 Å². The second-order valence-electron chi connectivity index (χ2n) is 1.50. The highest BCUT2D eigenvalue weighted by Gasteiger charge is 2.20. The minimum atomic E-state index is -6.00. The summed E-state index contributed by atoms with van der Waals surface area (Å²) in [4.78, 5) is 3.01. The average Bonchev–Trinajstić information content (AvgIpc) is 2.33. The lowest BCUT2D eigenvalue weighted by Crippen LogP contribution is -2.02. The van der Waals surface area contributed by atoms with Crippen LogP contribution in [0.25, 0.3) is 0 Å². The Balaban J connectivity index is 0.000000217. The van der Waals surface area contributed by atoms with E-state index < -0.39 is 7.25 Å². The van der Waals surface area contributed by atoms with Crippen molar-refractivity contribution < 1.29 is 22.1 Å². The highest BCUT2D eigenvalue weighted by molar-refractivity contribution is 6.50. The first kappa shape index (κ1) is 10.5. The molecule has 0 spiro atoms. The van der Waals surface area contributed by atoms with Crippen molar-refractivity contribution in [2.24, 2.45) is 10.2 Å². The Morgan fingerprint density at radius 2 is 1.83 bits per heavy atom. The molecule has 1 N–H and O–H groups in total. The molecule has 0 unspecified atom stereocenters. The molecule has 0 atom stereocenters. The molecule has 12 heavy (non-hydrogen) atoms. The summed E-state index contributed by atoms with van der Waals surface area (Å²) >= 11 is 0. The molecular formula is C3H3BF4N4. The summed E-state index contributed by atoms with van der Waals surface area (Å²) < 4.78 is 39.0. The van der Waals surface area contributed by atoms with E-state index >= 15 is 0 Å². The van der Waals surface area contributed by atoms with Crippen molar-refractivity contribution in [2.45, 2.75) is 0 Å². The Labute approximate surface area is 64.3 Å². The fourth-order valence-corrected chi connectivity index (χ4v) is 0.285. The van der Waals surface area contributed by atoms with Crippen molar-refractivity contribution >= 4 is 13.1 Å². The van der Waals surface area contributed by atoms with Gasteiger partial charge in [0.25, 0.3) is 0 Å². The van der Waals surface area contributed by atoms with Gasteiger partial charge in [0.15, 0.2) is 0 Å². The summed E-state index contributed by atoms with van der Waals surface area (Å²) in [6, 6.07) is 0. The Morgan fingerprint density at radius 3 is 2.00 bits per heavy atom. The zero-order valence-electron chi connectivity index (χ0n) is 5.59. The van der Waals surface area contributed by atoms with E-state index in [1.165, 1.54) is 6.20 Å². The van der Waals surface area contributed by atoms with Crippen LogP contribution in [0.2, 0.25) is 0 Å². The summed E-state index contributed by atoms with van der Waals surface area (Å²) in [5.41, 5.74) is 6.38. The van der Waals surface area contributed by atoms with Crippen molar-refractivity contribution in [1.82, 2.24) is 0 Å². The number of rotatable bonds is 0. The van der Waals surface area contributed by atoms with E-state index in [0.717, 1.165) is 0 Å². The van der Waals surface area contributed by atoms with Crippen LogP contribution in [0.1, 0.15) is 0 Å². The molecule has 0 aromatic carbocycles. The maximum Gasteiger partial charge on any atom is 0.673 e. The van der Waals surface area contributed by atoms with E-state index in [0.29, 0.717) is 5.84 Å². The normalized spacial score (nSPS) is 13.8. The molecule has 1 heterocycles. The first-order valence-corrected chi connectivity index (χ1v) is 2.62. The van der Waals surface area contributed by atoms with Gasteiger partial charge in [0.05, 0.1) is 12.3 Å². The molecule has 1 rings (SSSR count). The van der Waals surface area contributed by atoms with Crippen LogP contribution in [0.3, 0.4) is 0 Å². The first-order chi connectivity index (χ1) is 5.43. The molecule has 0 amide bonds. The zero-order chi connectivity index (χ0) is 9.61.